The molecule has 2 heterocycles. The SMILES string of the molecule is CN(C)CC(C)(C)CNc1nc(N2CCCCCCC2)c2ccccc2n1. The second-order valence-electron chi connectivity index (χ2n) is 8.90. The van der Waals surface area contributed by atoms with E-state index in [1.807, 2.05) is 0 Å². The molecule has 2 aromatic rings. The zero-order valence-electron chi connectivity index (χ0n) is 17.5. The van der Waals surface area contributed by atoms with E-state index in [0.717, 1.165) is 48.8 Å². The van der Waals surface area contributed by atoms with Gasteiger partial charge in [0.2, 0.25) is 5.95 Å². The lowest BCUT2D eigenvalue weighted by molar-refractivity contribution is 0.254. The monoisotopic (exact) mass is 369 g/mol. The van der Waals surface area contributed by atoms with Crippen molar-refractivity contribution < 1.29 is 0 Å². The molecule has 5 heteroatoms. The highest BCUT2D eigenvalue weighted by molar-refractivity contribution is 5.90. The maximum Gasteiger partial charge on any atom is 0.225 e. The van der Waals surface area contributed by atoms with E-state index in [0.29, 0.717) is 0 Å². The van der Waals surface area contributed by atoms with Gasteiger partial charge in [0.05, 0.1) is 5.52 Å². The van der Waals surface area contributed by atoms with Crippen LogP contribution in [0, 0.1) is 5.41 Å². The van der Waals surface area contributed by atoms with Gasteiger partial charge < -0.3 is 15.1 Å². The van der Waals surface area contributed by atoms with Gasteiger partial charge in [-0.3, -0.25) is 0 Å². The van der Waals surface area contributed by atoms with Crippen LogP contribution in [0.1, 0.15) is 46.0 Å². The molecule has 0 saturated carbocycles. The van der Waals surface area contributed by atoms with Crippen LogP contribution in [0.4, 0.5) is 11.8 Å². The van der Waals surface area contributed by atoms with E-state index in [-0.39, 0.29) is 5.41 Å². The molecule has 1 aliphatic heterocycles. The average molecular weight is 370 g/mol. The number of rotatable bonds is 6. The van der Waals surface area contributed by atoms with Crippen molar-refractivity contribution in [2.24, 2.45) is 5.41 Å². The lowest BCUT2D eigenvalue weighted by atomic mass is 9.93. The first kappa shape index (κ1) is 19.9. The third kappa shape index (κ3) is 5.55. The van der Waals surface area contributed by atoms with E-state index in [1.54, 1.807) is 0 Å². The molecule has 1 aliphatic rings. The van der Waals surface area contributed by atoms with Gasteiger partial charge in [-0.05, 0) is 44.5 Å². The van der Waals surface area contributed by atoms with Gasteiger partial charge in [-0.2, -0.15) is 4.98 Å². The Morgan fingerprint density at radius 1 is 1.00 bits per heavy atom. The van der Waals surface area contributed by atoms with Crippen LogP contribution in [-0.4, -0.2) is 55.1 Å². The molecule has 0 aliphatic carbocycles. The van der Waals surface area contributed by atoms with E-state index in [2.05, 4.69) is 67.3 Å². The number of para-hydroxylation sites is 1. The zero-order chi connectivity index (χ0) is 19.3. The van der Waals surface area contributed by atoms with Gasteiger partial charge >= 0.3 is 0 Å². The van der Waals surface area contributed by atoms with Gasteiger partial charge in [0, 0.05) is 31.6 Å². The Labute approximate surface area is 164 Å². The third-order valence-electron chi connectivity index (χ3n) is 5.21. The van der Waals surface area contributed by atoms with Crippen molar-refractivity contribution in [3.05, 3.63) is 24.3 Å². The average Bonchev–Trinajstić information content (AvgIpc) is 2.58. The standard InChI is InChI=1S/C22H35N5/c1-22(2,17-26(3)4)16-23-21-24-19-13-9-8-12-18(19)20(25-21)27-14-10-6-5-7-11-15-27/h8-9,12-13H,5-7,10-11,14-17H2,1-4H3,(H,23,24,25). The van der Waals surface area contributed by atoms with Crippen molar-refractivity contribution in [1.82, 2.24) is 14.9 Å². The molecule has 0 unspecified atom stereocenters. The van der Waals surface area contributed by atoms with Crippen LogP contribution in [0.25, 0.3) is 10.9 Å². The van der Waals surface area contributed by atoms with Crippen LogP contribution in [0.2, 0.25) is 0 Å². The maximum atomic E-state index is 4.97. The lowest BCUT2D eigenvalue weighted by Crippen LogP contribution is -2.35. The van der Waals surface area contributed by atoms with Crippen LogP contribution >= 0.6 is 0 Å². The number of nitrogens with zero attached hydrogens (tertiary/aromatic N) is 4. The molecule has 1 aromatic carbocycles. The number of aromatic nitrogens is 2. The predicted octanol–water partition coefficient (Wildman–Crippen LogP) is 4.40. The van der Waals surface area contributed by atoms with Crippen LogP contribution in [0.5, 0.6) is 0 Å². The molecule has 0 spiro atoms. The third-order valence-corrected chi connectivity index (χ3v) is 5.21. The van der Waals surface area contributed by atoms with Gasteiger partial charge in [-0.25, -0.2) is 4.98 Å². The van der Waals surface area contributed by atoms with Gasteiger partial charge in [0.1, 0.15) is 5.82 Å². The number of fused-ring (bicyclic) bond motifs is 1. The second kappa shape index (κ2) is 8.87. The first-order valence-electron chi connectivity index (χ1n) is 10.3. The Morgan fingerprint density at radius 2 is 1.67 bits per heavy atom. The maximum absolute atomic E-state index is 4.97. The smallest absolute Gasteiger partial charge is 0.225 e. The van der Waals surface area contributed by atoms with Crippen molar-refractivity contribution in [3.63, 3.8) is 0 Å². The number of hydrogen-bond donors (Lipinski definition) is 1. The predicted molar refractivity (Wildman–Crippen MR) is 116 cm³/mol. The summed E-state index contributed by atoms with van der Waals surface area (Å²) in [7, 11) is 4.24. The van der Waals surface area contributed by atoms with Crippen LogP contribution < -0.4 is 10.2 Å². The van der Waals surface area contributed by atoms with E-state index in [1.165, 1.54) is 32.1 Å². The minimum Gasteiger partial charge on any atom is -0.356 e. The first-order chi connectivity index (χ1) is 12.9. The molecule has 0 amide bonds. The zero-order valence-corrected chi connectivity index (χ0v) is 17.5. The Bertz CT molecular complexity index is 733. The Hall–Kier alpha value is -1.88. The summed E-state index contributed by atoms with van der Waals surface area (Å²) >= 11 is 0. The fourth-order valence-electron chi connectivity index (χ4n) is 4.07. The highest BCUT2D eigenvalue weighted by Gasteiger charge is 2.20. The number of nitrogens with one attached hydrogen (secondary N) is 1. The van der Waals surface area contributed by atoms with Crippen molar-refractivity contribution in [1.29, 1.82) is 0 Å². The van der Waals surface area contributed by atoms with Gasteiger partial charge in [-0.1, -0.05) is 45.2 Å². The molecule has 0 bridgehead atoms. The van der Waals surface area contributed by atoms with Gasteiger partial charge in [-0.15, -0.1) is 0 Å². The topological polar surface area (TPSA) is 44.3 Å². The fraction of sp³-hybridized carbons (Fsp3) is 0.636. The van der Waals surface area contributed by atoms with Crippen molar-refractivity contribution in [3.8, 4) is 0 Å². The van der Waals surface area contributed by atoms with E-state index in [4.69, 9.17) is 9.97 Å². The van der Waals surface area contributed by atoms with E-state index < -0.39 is 0 Å². The molecule has 0 atom stereocenters. The molecule has 27 heavy (non-hydrogen) atoms. The lowest BCUT2D eigenvalue weighted by Gasteiger charge is -2.29. The highest BCUT2D eigenvalue weighted by atomic mass is 15.2. The summed E-state index contributed by atoms with van der Waals surface area (Å²) in [5.41, 5.74) is 1.18. The summed E-state index contributed by atoms with van der Waals surface area (Å²) in [5.74, 6) is 1.84. The number of hydrogen-bond acceptors (Lipinski definition) is 5. The minimum atomic E-state index is 0.152. The Balaban J connectivity index is 1.86. The number of benzene rings is 1. The summed E-state index contributed by atoms with van der Waals surface area (Å²) < 4.78 is 0. The molecule has 1 aromatic heterocycles. The molecule has 3 rings (SSSR count). The fourth-order valence-corrected chi connectivity index (χ4v) is 4.07. The summed E-state index contributed by atoms with van der Waals surface area (Å²) in [5, 5.41) is 4.68. The molecule has 1 N–H and O–H groups in total. The molecular weight excluding hydrogens is 334 g/mol. The quantitative estimate of drug-likeness (QED) is 0.817. The van der Waals surface area contributed by atoms with Crippen LogP contribution in [0.3, 0.4) is 0 Å². The minimum absolute atomic E-state index is 0.152. The molecular formula is C22H35N5. The number of anilines is 2. The second-order valence-corrected chi connectivity index (χ2v) is 8.90. The molecule has 0 radical (unpaired) electrons. The normalized spacial score (nSPS) is 16.4. The molecule has 148 valence electrons. The largest absolute Gasteiger partial charge is 0.356 e. The van der Waals surface area contributed by atoms with Crippen molar-refractivity contribution >= 4 is 22.7 Å². The molecule has 1 saturated heterocycles. The van der Waals surface area contributed by atoms with Gasteiger partial charge in [0.25, 0.3) is 0 Å². The first-order valence-corrected chi connectivity index (χ1v) is 10.3. The van der Waals surface area contributed by atoms with Gasteiger partial charge in [0.15, 0.2) is 0 Å². The van der Waals surface area contributed by atoms with E-state index >= 15 is 0 Å². The van der Waals surface area contributed by atoms with Crippen molar-refractivity contribution in [2.75, 3.05) is 50.5 Å². The summed E-state index contributed by atoms with van der Waals surface area (Å²) in [6.07, 6.45) is 6.51. The van der Waals surface area contributed by atoms with Crippen molar-refractivity contribution in [2.45, 2.75) is 46.0 Å². The molecule has 5 nitrogen and oxygen atoms in total. The summed E-state index contributed by atoms with van der Waals surface area (Å²) in [6, 6.07) is 8.41. The van der Waals surface area contributed by atoms with Crippen LogP contribution in [0.15, 0.2) is 24.3 Å². The summed E-state index contributed by atoms with van der Waals surface area (Å²) in [4.78, 5) is 14.5. The highest BCUT2D eigenvalue weighted by Crippen LogP contribution is 2.27. The Kier molecular flexibility index (Phi) is 6.53. The van der Waals surface area contributed by atoms with Crippen LogP contribution in [-0.2, 0) is 0 Å². The van der Waals surface area contributed by atoms with E-state index in [9.17, 15) is 0 Å². The molecule has 1 fully saturated rings. The summed E-state index contributed by atoms with van der Waals surface area (Å²) in [6.45, 7) is 8.61. The Morgan fingerprint density at radius 3 is 2.37 bits per heavy atom.